The number of fused-ring (bicyclic) bond motifs is 5. The van der Waals surface area contributed by atoms with Gasteiger partial charge >= 0.3 is 5.97 Å². The maximum atomic E-state index is 14.1. The smallest absolute Gasteiger partial charge is 0.331 e. The molecule has 0 aromatic heterocycles. The van der Waals surface area contributed by atoms with Gasteiger partial charge in [-0.25, -0.2) is 4.79 Å². The molecule has 2 aliphatic heterocycles. The number of Topliss-reactive ketones (excluding diaryl/α,β-unsaturated/α-hetero) is 1. The van der Waals surface area contributed by atoms with Crippen LogP contribution < -0.4 is 0 Å². The van der Waals surface area contributed by atoms with E-state index >= 15 is 0 Å². The summed E-state index contributed by atoms with van der Waals surface area (Å²) < 4.78 is 23.0. The maximum Gasteiger partial charge on any atom is 0.331 e. The molecule has 2 heterocycles. The van der Waals surface area contributed by atoms with Crippen LogP contribution in [0.5, 0.6) is 0 Å². The average Bonchev–Trinajstić information content (AvgIpc) is 3.45. The van der Waals surface area contributed by atoms with Crippen molar-refractivity contribution in [1.29, 1.82) is 0 Å². The fraction of sp³-hybridized carbons (Fsp3) is 0.867. The van der Waals surface area contributed by atoms with Crippen LogP contribution in [-0.4, -0.2) is 83.2 Å². The summed E-state index contributed by atoms with van der Waals surface area (Å²) in [6.45, 7) is 5.99. The van der Waals surface area contributed by atoms with Crippen molar-refractivity contribution in [2.24, 2.45) is 34.5 Å². The second-order valence-corrected chi connectivity index (χ2v) is 13.6. The zero-order valence-electron chi connectivity index (χ0n) is 23.5. The summed E-state index contributed by atoms with van der Waals surface area (Å²) >= 11 is 0. The number of hydrogen-bond acceptors (Lipinski definition) is 9. The molecular formula is C30H44O9. The molecule has 0 bridgehead atoms. The zero-order chi connectivity index (χ0) is 27.9. The van der Waals surface area contributed by atoms with Gasteiger partial charge in [0.2, 0.25) is 0 Å². The zero-order valence-corrected chi connectivity index (χ0v) is 23.5. The molecule has 0 radical (unpaired) electrons. The summed E-state index contributed by atoms with van der Waals surface area (Å²) in [6, 6.07) is 0. The van der Waals surface area contributed by atoms with Crippen LogP contribution in [0.15, 0.2) is 11.6 Å². The Morgan fingerprint density at radius 2 is 1.82 bits per heavy atom. The van der Waals surface area contributed by atoms with Gasteiger partial charge in [-0.2, -0.15) is 0 Å². The largest absolute Gasteiger partial charge is 0.458 e. The topological polar surface area (TPSA) is 132 Å². The third-order valence-electron chi connectivity index (χ3n) is 12.1. The maximum absolute atomic E-state index is 14.1. The Hall–Kier alpha value is -1.36. The van der Waals surface area contributed by atoms with Gasteiger partial charge in [0.05, 0.1) is 29.3 Å². The molecule has 0 amide bonds. The fourth-order valence-corrected chi connectivity index (χ4v) is 9.86. The molecule has 9 heteroatoms. The number of ether oxygens (including phenoxy) is 4. The molecule has 218 valence electrons. The Morgan fingerprint density at radius 1 is 1.05 bits per heavy atom. The van der Waals surface area contributed by atoms with E-state index in [0.717, 1.165) is 37.7 Å². The van der Waals surface area contributed by atoms with Crippen molar-refractivity contribution in [3.63, 3.8) is 0 Å². The highest BCUT2D eigenvalue weighted by Crippen LogP contribution is 2.69. The summed E-state index contributed by atoms with van der Waals surface area (Å²) in [5.41, 5.74) is -1.91. The number of esters is 1. The highest BCUT2D eigenvalue weighted by molar-refractivity contribution is 5.93. The molecule has 1 saturated heterocycles. The van der Waals surface area contributed by atoms with Crippen molar-refractivity contribution >= 4 is 11.8 Å². The lowest BCUT2D eigenvalue weighted by Crippen LogP contribution is -2.70. The Kier molecular flexibility index (Phi) is 6.84. The number of carbonyl (C=O) groups is 2. The van der Waals surface area contributed by atoms with E-state index in [9.17, 15) is 24.9 Å². The monoisotopic (exact) mass is 548 g/mol. The van der Waals surface area contributed by atoms with E-state index in [1.54, 1.807) is 7.11 Å². The Bertz CT molecular complexity index is 1040. The minimum Gasteiger partial charge on any atom is -0.458 e. The highest BCUT2D eigenvalue weighted by Gasteiger charge is 2.73. The van der Waals surface area contributed by atoms with E-state index in [-0.39, 0.29) is 59.8 Å². The van der Waals surface area contributed by atoms with Gasteiger partial charge < -0.3 is 34.3 Å². The molecule has 39 heavy (non-hydrogen) atoms. The van der Waals surface area contributed by atoms with Crippen LogP contribution in [0.3, 0.4) is 0 Å². The first-order chi connectivity index (χ1) is 18.4. The predicted octanol–water partition coefficient (Wildman–Crippen LogP) is 2.29. The minimum atomic E-state index is -1.23. The van der Waals surface area contributed by atoms with Gasteiger partial charge in [0, 0.05) is 25.5 Å². The molecule has 6 aliphatic rings. The fourth-order valence-electron chi connectivity index (χ4n) is 9.86. The molecule has 13 atom stereocenters. The molecule has 3 N–H and O–H groups in total. The third-order valence-corrected chi connectivity index (χ3v) is 12.1. The molecule has 9 nitrogen and oxygen atoms in total. The minimum absolute atomic E-state index is 0.0166. The van der Waals surface area contributed by atoms with Crippen molar-refractivity contribution in [1.82, 2.24) is 0 Å². The van der Waals surface area contributed by atoms with E-state index < -0.39 is 35.5 Å². The first-order valence-corrected chi connectivity index (χ1v) is 14.8. The number of ketones is 1. The Labute approximate surface area is 230 Å². The van der Waals surface area contributed by atoms with E-state index in [4.69, 9.17) is 18.9 Å². The number of cyclic esters (lactones) is 1. The molecule has 0 aromatic rings. The quantitative estimate of drug-likeness (QED) is 0.358. The molecule has 6 rings (SSSR count). The molecule has 4 saturated carbocycles. The SMILES string of the molecule is CO[C@H]1C[C@H](O[C@H]2CC[C@]3(C)C4C(CC[C@@H]3C2)[C@@]2(O)CC[C@H](C3=CC(=O)OC3)[C@@]2(C)C(=O)[C@H]4O)O[C@H](C)[C@@H]1O. The standard InChI is InChI=1S/C30H44O9/c1-15-25(32)21(36-4)13-23(38-15)39-18-7-9-28(2)17(12-18)5-6-20-24(28)26(33)27(34)29(3)19(8-10-30(20,29)35)16-11-22(31)37-14-16/h11,15,17-21,23-26,32-33,35H,5-10,12-14H2,1-4H3/t15-,17-,18+,19-,20?,21+,23+,24?,25+,26+,28+,29+,30+/m1/s1. The highest BCUT2D eigenvalue weighted by atomic mass is 16.7. The Morgan fingerprint density at radius 3 is 2.51 bits per heavy atom. The summed E-state index contributed by atoms with van der Waals surface area (Å²) in [7, 11) is 1.59. The van der Waals surface area contributed by atoms with Crippen LogP contribution in [0.2, 0.25) is 0 Å². The van der Waals surface area contributed by atoms with Gasteiger partial charge in [-0.3, -0.25) is 4.79 Å². The van der Waals surface area contributed by atoms with E-state index in [1.807, 2.05) is 13.8 Å². The third kappa shape index (κ3) is 3.94. The second kappa shape index (κ2) is 9.60. The average molecular weight is 549 g/mol. The van der Waals surface area contributed by atoms with Crippen molar-refractivity contribution < 1.29 is 43.9 Å². The lowest BCUT2D eigenvalue weighted by molar-refractivity contribution is -0.275. The van der Waals surface area contributed by atoms with Crippen molar-refractivity contribution in [2.75, 3.05) is 13.7 Å². The number of aliphatic hydroxyl groups excluding tert-OH is 2. The molecular weight excluding hydrogens is 504 g/mol. The van der Waals surface area contributed by atoms with Crippen molar-refractivity contribution in [2.45, 2.75) is 115 Å². The summed E-state index contributed by atoms with van der Waals surface area (Å²) in [6.07, 6.45) is 4.01. The number of carbonyl (C=O) groups excluding carboxylic acids is 2. The Balaban J connectivity index is 1.21. The van der Waals surface area contributed by atoms with E-state index in [2.05, 4.69) is 6.92 Å². The van der Waals surface area contributed by atoms with Gasteiger partial charge in [0.15, 0.2) is 12.1 Å². The van der Waals surface area contributed by atoms with Crippen LogP contribution in [0.4, 0.5) is 0 Å². The van der Waals surface area contributed by atoms with Gasteiger partial charge in [0.1, 0.15) is 18.8 Å². The number of methoxy groups -OCH3 is 1. The molecule has 4 aliphatic carbocycles. The summed E-state index contributed by atoms with van der Waals surface area (Å²) in [5.74, 6) is -1.26. The van der Waals surface area contributed by atoms with Crippen molar-refractivity contribution in [3.05, 3.63) is 11.6 Å². The summed E-state index contributed by atoms with van der Waals surface area (Å²) in [5, 5.41) is 34.3. The lowest BCUT2D eigenvalue weighted by Gasteiger charge is -2.64. The van der Waals surface area contributed by atoms with E-state index in [0.29, 0.717) is 19.3 Å². The first-order valence-electron chi connectivity index (χ1n) is 14.8. The van der Waals surface area contributed by atoms with Crippen LogP contribution in [0, 0.1) is 34.5 Å². The van der Waals surface area contributed by atoms with E-state index in [1.165, 1.54) is 6.08 Å². The number of hydrogen-bond donors (Lipinski definition) is 3. The van der Waals surface area contributed by atoms with Gasteiger partial charge in [-0.05, 0) is 87.5 Å². The number of rotatable bonds is 4. The van der Waals surface area contributed by atoms with Crippen LogP contribution in [-0.2, 0) is 28.5 Å². The van der Waals surface area contributed by atoms with Crippen LogP contribution in [0.25, 0.3) is 0 Å². The molecule has 5 fully saturated rings. The van der Waals surface area contributed by atoms with Gasteiger partial charge in [-0.15, -0.1) is 0 Å². The number of aliphatic hydroxyl groups is 3. The molecule has 2 unspecified atom stereocenters. The molecule has 0 aromatic carbocycles. The van der Waals surface area contributed by atoms with Gasteiger partial charge in [-0.1, -0.05) is 6.92 Å². The normalized spacial score (nSPS) is 53.5. The second-order valence-electron chi connectivity index (χ2n) is 13.6. The first kappa shape index (κ1) is 27.8. The van der Waals surface area contributed by atoms with Gasteiger partial charge in [0.25, 0.3) is 0 Å². The summed E-state index contributed by atoms with van der Waals surface area (Å²) in [4.78, 5) is 25.9. The molecule has 0 spiro atoms. The van der Waals surface area contributed by atoms with Crippen LogP contribution in [0.1, 0.15) is 72.1 Å². The lowest BCUT2D eigenvalue weighted by atomic mass is 9.42. The van der Waals surface area contributed by atoms with Crippen molar-refractivity contribution in [3.8, 4) is 0 Å². The van der Waals surface area contributed by atoms with Crippen LogP contribution >= 0.6 is 0 Å². The predicted molar refractivity (Wildman–Crippen MR) is 138 cm³/mol.